The lowest BCUT2D eigenvalue weighted by atomic mass is 9.96. The number of piperidine rings is 1. The molecular formula is C20H21N3OS2. The van der Waals surface area contributed by atoms with Crippen LogP contribution in [0.5, 0.6) is 0 Å². The van der Waals surface area contributed by atoms with Gasteiger partial charge in [0.1, 0.15) is 0 Å². The molecule has 1 N–H and O–H groups in total. The summed E-state index contributed by atoms with van der Waals surface area (Å²) in [7, 11) is 0. The number of fused-ring (bicyclic) bond motifs is 1. The van der Waals surface area contributed by atoms with Gasteiger partial charge < -0.3 is 10.2 Å². The summed E-state index contributed by atoms with van der Waals surface area (Å²) in [6.07, 6.45) is 3.77. The highest BCUT2D eigenvalue weighted by molar-refractivity contribution is 7.98. The number of aromatic nitrogens is 1. The van der Waals surface area contributed by atoms with E-state index in [1.54, 1.807) is 23.1 Å². The van der Waals surface area contributed by atoms with E-state index in [1.165, 1.54) is 4.70 Å². The number of carbonyl (C=O) groups excluding carboxylic acids is 1. The predicted octanol–water partition coefficient (Wildman–Crippen LogP) is 4.87. The van der Waals surface area contributed by atoms with Gasteiger partial charge >= 0.3 is 0 Å². The number of nitrogens with zero attached hydrogens (tertiary/aromatic N) is 2. The van der Waals surface area contributed by atoms with E-state index in [-0.39, 0.29) is 11.8 Å². The summed E-state index contributed by atoms with van der Waals surface area (Å²) in [6, 6.07) is 16.2. The van der Waals surface area contributed by atoms with Gasteiger partial charge in [0.15, 0.2) is 5.13 Å². The SMILES string of the molecule is CSc1cccc(NC(=O)C2CCN(c3nc4ccccc4s3)CC2)c1. The van der Waals surface area contributed by atoms with Crippen molar-refractivity contribution in [3.8, 4) is 0 Å². The molecule has 2 aromatic carbocycles. The monoisotopic (exact) mass is 383 g/mol. The van der Waals surface area contributed by atoms with E-state index in [9.17, 15) is 4.79 Å². The molecule has 4 nitrogen and oxygen atoms in total. The van der Waals surface area contributed by atoms with E-state index >= 15 is 0 Å². The van der Waals surface area contributed by atoms with Crippen molar-refractivity contribution in [3.05, 3.63) is 48.5 Å². The van der Waals surface area contributed by atoms with Gasteiger partial charge in [-0.05, 0) is 49.4 Å². The number of para-hydroxylation sites is 1. The lowest BCUT2D eigenvalue weighted by Crippen LogP contribution is -2.38. The minimum absolute atomic E-state index is 0.0681. The zero-order chi connectivity index (χ0) is 17.9. The predicted molar refractivity (Wildman–Crippen MR) is 111 cm³/mol. The molecule has 134 valence electrons. The van der Waals surface area contributed by atoms with Crippen LogP contribution in [0.15, 0.2) is 53.4 Å². The average molecular weight is 384 g/mol. The second kappa shape index (κ2) is 7.68. The van der Waals surface area contributed by atoms with Crippen LogP contribution in [-0.4, -0.2) is 30.2 Å². The molecule has 1 fully saturated rings. The molecule has 0 aliphatic carbocycles. The summed E-state index contributed by atoms with van der Waals surface area (Å²) in [5, 5.41) is 4.15. The quantitative estimate of drug-likeness (QED) is 0.653. The normalized spacial score (nSPS) is 15.3. The van der Waals surface area contributed by atoms with E-state index in [1.807, 2.05) is 36.6 Å². The number of carbonyl (C=O) groups is 1. The van der Waals surface area contributed by atoms with Gasteiger partial charge in [-0.1, -0.05) is 29.5 Å². The highest BCUT2D eigenvalue weighted by Crippen LogP contribution is 2.31. The van der Waals surface area contributed by atoms with Gasteiger partial charge in [0, 0.05) is 29.6 Å². The van der Waals surface area contributed by atoms with Crippen LogP contribution in [0.2, 0.25) is 0 Å². The van der Waals surface area contributed by atoms with Crippen LogP contribution in [-0.2, 0) is 4.79 Å². The van der Waals surface area contributed by atoms with Crippen molar-refractivity contribution in [3.63, 3.8) is 0 Å². The molecule has 6 heteroatoms. The number of thiazole rings is 1. The van der Waals surface area contributed by atoms with Crippen LogP contribution < -0.4 is 10.2 Å². The fraction of sp³-hybridized carbons (Fsp3) is 0.300. The highest BCUT2D eigenvalue weighted by atomic mass is 32.2. The number of amides is 1. The average Bonchev–Trinajstić information content (AvgIpc) is 3.12. The van der Waals surface area contributed by atoms with Gasteiger partial charge in [-0.3, -0.25) is 4.79 Å². The number of nitrogens with one attached hydrogen (secondary N) is 1. The van der Waals surface area contributed by atoms with E-state index < -0.39 is 0 Å². The Hall–Kier alpha value is -2.05. The Labute approximate surface area is 161 Å². The molecule has 2 heterocycles. The Morgan fingerprint density at radius 2 is 2.00 bits per heavy atom. The van der Waals surface area contributed by atoms with Crippen molar-refractivity contribution in [2.45, 2.75) is 17.7 Å². The van der Waals surface area contributed by atoms with Crippen molar-refractivity contribution in [1.29, 1.82) is 0 Å². The van der Waals surface area contributed by atoms with Gasteiger partial charge in [0.25, 0.3) is 0 Å². The van der Waals surface area contributed by atoms with Crippen molar-refractivity contribution in [1.82, 2.24) is 4.98 Å². The van der Waals surface area contributed by atoms with Crippen molar-refractivity contribution >= 4 is 50.0 Å². The Balaban J connectivity index is 1.37. The molecule has 0 unspecified atom stereocenters. The highest BCUT2D eigenvalue weighted by Gasteiger charge is 2.26. The van der Waals surface area contributed by atoms with Gasteiger partial charge in [0.2, 0.25) is 5.91 Å². The molecule has 3 aromatic rings. The standard InChI is InChI=1S/C20H21N3OS2/c1-25-16-6-4-5-15(13-16)21-19(24)14-9-11-23(12-10-14)20-22-17-7-2-3-8-18(17)26-20/h2-8,13-14H,9-12H2,1H3,(H,21,24). The zero-order valence-corrected chi connectivity index (χ0v) is 16.3. The molecule has 4 rings (SSSR count). The summed E-state index contributed by atoms with van der Waals surface area (Å²) >= 11 is 3.41. The van der Waals surface area contributed by atoms with Crippen LogP contribution in [0.1, 0.15) is 12.8 Å². The summed E-state index contributed by atoms with van der Waals surface area (Å²) < 4.78 is 1.22. The summed E-state index contributed by atoms with van der Waals surface area (Å²) in [5.41, 5.74) is 1.94. The first-order valence-electron chi connectivity index (χ1n) is 8.78. The van der Waals surface area contributed by atoms with Crippen LogP contribution in [0.3, 0.4) is 0 Å². The van der Waals surface area contributed by atoms with Crippen molar-refractivity contribution < 1.29 is 4.79 Å². The molecule has 1 amide bonds. The van der Waals surface area contributed by atoms with Crippen molar-refractivity contribution in [2.75, 3.05) is 29.6 Å². The molecular weight excluding hydrogens is 362 g/mol. The first-order chi connectivity index (χ1) is 12.7. The topological polar surface area (TPSA) is 45.2 Å². The van der Waals surface area contributed by atoms with Crippen LogP contribution in [0.4, 0.5) is 10.8 Å². The number of thioether (sulfide) groups is 1. The van der Waals surface area contributed by atoms with Crippen molar-refractivity contribution in [2.24, 2.45) is 5.92 Å². The van der Waals surface area contributed by atoms with Crippen LogP contribution in [0, 0.1) is 5.92 Å². The molecule has 26 heavy (non-hydrogen) atoms. The summed E-state index contributed by atoms with van der Waals surface area (Å²) in [4.78, 5) is 20.8. The molecule has 1 aliphatic heterocycles. The fourth-order valence-electron chi connectivity index (χ4n) is 3.27. The van der Waals surface area contributed by atoms with Gasteiger partial charge in [-0.25, -0.2) is 4.98 Å². The van der Waals surface area contributed by atoms with Gasteiger partial charge in [0.05, 0.1) is 10.2 Å². The van der Waals surface area contributed by atoms with Gasteiger partial charge in [-0.2, -0.15) is 0 Å². The fourth-order valence-corrected chi connectivity index (χ4v) is 4.75. The molecule has 1 aliphatic rings. The molecule has 0 spiro atoms. The number of hydrogen-bond acceptors (Lipinski definition) is 5. The van der Waals surface area contributed by atoms with E-state index in [0.717, 1.165) is 47.2 Å². The molecule has 0 atom stereocenters. The van der Waals surface area contributed by atoms with Crippen LogP contribution in [0.25, 0.3) is 10.2 Å². The van der Waals surface area contributed by atoms with E-state index in [4.69, 9.17) is 4.98 Å². The largest absolute Gasteiger partial charge is 0.348 e. The third-order valence-electron chi connectivity index (χ3n) is 4.76. The first kappa shape index (κ1) is 17.4. The maximum atomic E-state index is 12.6. The number of anilines is 2. The second-order valence-electron chi connectivity index (χ2n) is 6.45. The smallest absolute Gasteiger partial charge is 0.227 e. The van der Waals surface area contributed by atoms with E-state index in [2.05, 4.69) is 28.4 Å². The minimum Gasteiger partial charge on any atom is -0.348 e. The van der Waals surface area contributed by atoms with Gasteiger partial charge in [-0.15, -0.1) is 11.8 Å². The zero-order valence-electron chi connectivity index (χ0n) is 14.6. The molecule has 0 bridgehead atoms. The Morgan fingerprint density at radius 3 is 2.77 bits per heavy atom. The maximum Gasteiger partial charge on any atom is 0.227 e. The number of hydrogen-bond donors (Lipinski definition) is 1. The molecule has 0 saturated carbocycles. The minimum atomic E-state index is 0.0681. The number of benzene rings is 2. The Bertz CT molecular complexity index is 883. The van der Waals surface area contributed by atoms with E-state index in [0.29, 0.717) is 0 Å². The lowest BCUT2D eigenvalue weighted by Gasteiger charge is -2.31. The number of rotatable bonds is 4. The third-order valence-corrected chi connectivity index (χ3v) is 6.58. The Morgan fingerprint density at radius 1 is 1.19 bits per heavy atom. The summed E-state index contributed by atoms with van der Waals surface area (Å²) in [5.74, 6) is 0.200. The molecule has 1 aromatic heterocycles. The molecule has 0 radical (unpaired) electrons. The first-order valence-corrected chi connectivity index (χ1v) is 10.8. The summed E-state index contributed by atoms with van der Waals surface area (Å²) in [6.45, 7) is 1.76. The maximum absolute atomic E-state index is 12.6. The lowest BCUT2D eigenvalue weighted by molar-refractivity contribution is -0.120. The third kappa shape index (κ3) is 3.71. The second-order valence-corrected chi connectivity index (χ2v) is 8.34. The molecule has 1 saturated heterocycles. The Kier molecular flexibility index (Phi) is 5.13. The van der Waals surface area contributed by atoms with Crippen LogP contribution >= 0.6 is 23.1 Å².